The number of H-pyrrole nitrogens is 1. The third-order valence-corrected chi connectivity index (χ3v) is 4.28. The van der Waals surface area contributed by atoms with E-state index in [0.29, 0.717) is 30.0 Å². The Hall–Kier alpha value is -3.05. The molecule has 0 bridgehead atoms. The summed E-state index contributed by atoms with van der Waals surface area (Å²) < 4.78 is 0. The van der Waals surface area contributed by atoms with E-state index in [-0.39, 0.29) is 17.1 Å². The second kappa shape index (κ2) is 7.23. The Morgan fingerprint density at radius 1 is 1.40 bits per heavy atom. The Balaban J connectivity index is 1.57. The Kier molecular flexibility index (Phi) is 4.86. The number of hydrogen-bond acceptors (Lipinski definition) is 5. The Morgan fingerprint density at radius 3 is 2.88 bits per heavy atom. The lowest BCUT2D eigenvalue weighted by molar-refractivity contribution is 0.249. The molecule has 1 aromatic heterocycles. The molecule has 1 fully saturated rings. The minimum absolute atomic E-state index is 0.0752. The van der Waals surface area contributed by atoms with E-state index in [4.69, 9.17) is 16.9 Å². The standard InChI is InChI=1S/C16H15ClN6O2/c17-14-13(8-19-22-15(14)24)23-6-5-12(9-23)21-16(25)20-11-3-1-10(7-18)2-4-11/h1-4,8,12H,5-6,9H2,(H,22,24)(H2,20,21,25). The molecule has 0 radical (unpaired) electrons. The van der Waals surface area contributed by atoms with Gasteiger partial charge in [-0.05, 0) is 30.7 Å². The molecule has 8 nitrogen and oxygen atoms in total. The number of nitrogens with one attached hydrogen (secondary N) is 3. The van der Waals surface area contributed by atoms with Crippen LogP contribution in [0.4, 0.5) is 16.2 Å². The summed E-state index contributed by atoms with van der Waals surface area (Å²) in [5, 5.41) is 20.5. The van der Waals surface area contributed by atoms with Crippen LogP contribution in [0.5, 0.6) is 0 Å². The topological polar surface area (TPSA) is 114 Å². The fourth-order valence-corrected chi connectivity index (χ4v) is 2.88. The van der Waals surface area contributed by atoms with Crippen LogP contribution in [0.2, 0.25) is 5.02 Å². The van der Waals surface area contributed by atoms with E-state index >= 15 is 0 Å². The summed E-state index contributed by atoms with van der Waals surface area (Å²) in [6, 6.07) is 8.22. The first-order valence-electron chi connectivity index (χ1n) is 7.62. The number of nitriles is 1. The largest absolute Gasteiger partial charge is 0.367 e. The van der Waals surface area contributed by atoms with Gasteiger partial charge in [0.05, 0.1) is 23.5 Å². The van der Waals surface area contributed by atoms with Gasteiger partial charge in [-0.3, -0.25) is 4.79 Å². The van der Waals surface area contributed by atoms with Gasteiger partial charge in [0.15, 0.2) is 0 Å². The zero-order valence-corrected chi connectivity index (χ0v) is 13.9. The van der Waals surface area contributed by atoms with Gasteiger partial charge in [0.25, 0.3) is 5.56 Å². The van der Waals surface area contributed by atoms with Gasteiger partial charge >= 0.3 is 6.03 Å². The summed E-state index contributed by atoms with van der Waals surface area (Å²) in [6.45, 7) is 1.19. The van der Waals surface area contributed by atoms with Gasteiger partial charge in [0.2, 0.25) is 0 Å². The summed E-state index contributed by atoms with van der Waals surface area (Å²) in [7, 11) is 0. The molecule has 0 aliphatic carbocycles. The zero-order valence-electron chi connectivity index (χ0n) is 13.1. The van der Waals surface area contributed by atoms with E-state index in [2.05, 4.69) is 20.8 Å². The first kappa shape index (κ1) is 16.8. The van der Waals surface area contributed by atoms with Crippen molar-refractivity contribution in [2.75, 3.05) is 23.3 Å². The molecule has 2 amide bonds. The van der Waals surface area contributed by atoms with Crippen molar-refractivity contribution in [2.45, 2.75) is 12.5 Å². The summed E-state index contributed by atoms with van der Waals surface area (Å²) in [5.41, 5.74) is 1.25. The second-order valence-corrected chi connectivity index (χ2v) is 6.00. The van der Waals surface area contributed by atoms with Crippen LogP contribution in [0.25, 0.3) is 0 Å². The average Bonchev–Trinajstić information content (AvgIpc) is 3.06. The number of nitrogens with zero attached hydrogens (tertiary/aromatic N) is 3. The highest BCUT2D eigenvalue weighted by atomic mass is 35.5. The molecule has 1 unspecified atom stereocenters. The van der Waals surface area contributed by atoms with Crippen molar-refractivity contribution in [1.82, 2.24) is 15.5 Å². The molecule has 0 spiro atoms. The van der Waals surface area contributed by atoms with E-state index in [0.717, 1.165) is 6.42 Å². The van der Waals surface area contributed by atoms with E-state index < -0.39 is 5.56 Å². The molecule has 9 heteroatoms. The number of rotatable bonds is 3. The lowest BCUT2D eigenvalue weighted by atomic mass is 10.2. The summed E-state index contributed by atoms with van der Waals surface area (Å²) >= 11 is 6.01. The molecule has 3 rings (SSSR count). The van der Waals surface area contributed by atoms with Crippen LogP contribution >= 0.6 is 11.6 Å². The summed E-state index contributed by atoms with van der Waals surface area (Å²) in [4.78, 5) is 25.5. The predicted octanol–water partition coefficient (Wildman–Crippen LogP) is 1.70. The predicted molar refractivity (Wildman–Crippen MR) is 93.8 cm³/mol. The van der Waals surface area contributed by atoms with E-state index in [9.17, 15) is 9.59 Å². The molecular formula is C16H15ClN6O2. The third kappa shape index (κ3) is 3.89. The number of hydrogen-bond donors (Lipinski definition) is 3. The van der Waals surface area contributed by atoms with Crippen LogP contribution in [0.1, 0.15) is 12.0 Å². The van der Waals surface area contributed by atoms with Crippen molar-refractivity contribution in [2.24, 2.45) is 0 Å². The van der Waals surface area contributed by atoms with Gasteiger partial charge in [0.1, 0.15) is 5.02 Å². The smallest absolute Gasteiger partial charge is 0.319 e. The third-order valence-electron chi connectivity index (χ3n) is 3.91. The number of carbonyl (C=O) groups excluding carboxylic acids is 1. The van der Waals surface area contributed by atoms with Crippen LogP contribution in [0, 0.1) is 11.3 Å². The van der Waals surface area contributed by atoms with Gasteiger partial charge in [-0.25, -0.2) is 9.89 Å². The first-order valence-corrected chi connectivity index (χ1v) is 8.00. The van der Waals surface area contributed by atoms with E-state index in [1.165, 1.54) is 6.20 Å². The second-order valence-electron chi connectivity index (χ2n) is 5.62. The highest BCUT2D eigenvalue weighted by Crippen LogP contribution is 2.24. The lowest BCUT2D eigenvalue weighted by Crippen LogP contribution is -2.39. The maximum atomic E-state index is 12.1. The molecule has 2 heterocycles. The summed E-state index contributed by atoms with van der Waals surface area (Å²) in [6.07, 6.45) is 2.23. The zero-order chi connectivity index (χ0) is 17.8. The van der Waals surface area contributed by atoms with Crippen molar-refractivity contribution < 1.29 is 4.79 Å². The Bertz CT molecular complexity index is 873. The molecular weight excluding hydrogens is 344 g/mol. The molecule has 1 aliphatic rings. The fraction of sp³-hybridized carbons (Fsp3) is 0.250. The van der Waals surface area contributed by atoms with Crippen molar-refractivity contribution in [1.29, 1.82) is 5.26 Å². The molecule has 2 aromatic rings. The van der Waals surface area contributed by atoms with Gasteiger partial charge in [0, 0.05) is 24.8 Å². The highest BCUT2D eigenvalue weighted by Gasteiger charge is 2.26. The lowest BCUT2D eigenvalue weighted by Gasteiger charge is -2.19. The number of halogens is 1. The SMILES string of the molecule is N#Cc1ccc(NC(=O)NC2CCN(c3cn[nH]c(=O)c3Cl)C2)cc1. The quantitative estimate of drug-likeness (QED) is 0.772. The van der Waals surface area contributed by atoms with Crippen molar-refractivity contribution in [3.05, 3.63) is 51.4 Å². The average molecular weight is 359 g/mol. The molecule has 128 valence electrons. The van der Waals surface area contributed by atoms with Crippen LogP contribution in [0.15, 0.2) is 35.3 Å². The number of aromatic amines is 1. The van der Waals surface area contributed by atoms with Gasteiger partial charge < -0.3 is 15.5 Å². The van der Waals surface area contributed by atoms with Gasteiger partial charge in [-0.15, -0.1) is 0 Å². The fourth-order valence-electron chi connectivity index (χ4n) is 2.67. The number of urea groups is 1. The maximum Gasteiger partial charge on any atom is 0.319 e. The molecule has 1 aromatic carbocycles. The van der Waals surface area contributed by atoms with E-state index in [1.54, 1.807) is 24.3 Å². The number of benzene rings is 1. The van der Waals surface area contributed by atoms with Gasteiger partial charge in [-0.2, -0.15) is 10.4 Å². The monoisotopic (exact) mass is 358 g/mol. The summed E-state index contributed by atoms with van der Waals surface area (Å²) in [5.74, 6) is 0. The number of aromatic nitrogens is 2. The minimum atomic E-state index is -0.436. The first-order chi connectivity index (χ1) is 12.1. The molecule has 1 saturated heterocycles. The Labute approximate surface area is 148 Å². The highest BCUT2D eigenvalue weighted by molar-refractivity contribution is 6.33. The number of anilines is 2. The van der Waals surface area contributed by atoms with Crippen molar-refractivity contribution in [3.63, 3.8) is 0 Å². The normalized spacial score (nSPS) is 16.3. The van der Waals surface area contributed by atoms with Crippen molar-refractivity contribution >= 4 is 29.0 Å². The molecule has 1 atom stereocenters. The van der Waals surface area contributed by atoms with Gasteiger partial charge in [-0.1, -0.05) is 11.6 Å². The van der Waals surface area contributed by atoms with E-state index in [1.807, 2.05) is 11.0 Å². The molecule has 1 aliphatic heterocycles. The maximum absolute atomic E-state index is 12.1. The van der Waals surface area contributed by atoms with Crippen LogP contribution in [-0.2, 0) is 0 Å². The molecule has 3 N–H and O–H groups in total. The van der Waals surface area contributed by atoms with Crippen LogP contribution in [0.3, 0.4) is 0 Å². The molecule has 25 heavy (non-hydrogen) atoms. The Morgan fingerprint density at radius 2 is 2.16 bits per heavy atom. The van der Waals surface area contributed by atoms with Crippen LogP contribution < -0.4 is 21.1 Å². The van der Waals surface area contributed by atoms with Crippen molar-refractivity contribution in [3.8, 4) is 6.07 Å². The number of amides is 2. The molecule has 0 saturated carbocycles. The minimum Gasteiger partial charge on any atom is -0.367 e. The number of carbonyl (C=O) groups is 1. The van der Waals surface area contributed by atoms with Crippen LogP contribution in [-0.4, -0.2) is 35.4 Å².